The first kappa shape index (κ1) is 20.3. The number of nitrogens with zero attached hydrogens (tertiary/aromatic N) is 5. The van der Waals surface area contributed by atoms with Crippen LogP contribution in [0.3, 0.4) is 0 Å². The molecule has 1 amide bonds. The molecule has 0 aromatic carbocycles. The average Bonchev–Trinajstić information content (AvgIpc) is 3.01. The number of halogens is 3. The fraction of sp³-hybridized carbons (Fsp3) is 0.615. The molecule has 4 unspecified atom stereocenters. The second kappa shape index (κ2) is 7.56. The topological polar surface area (TPSA) is 144 Å². The van der Waals surface area contributed by atoms with Crippen LogP contribution < -0.4 is 15.7 Å². The maximum absolute atomic E-state index is 13.2. The number of alkyl halides is 3. The van der Waals surface area contributed by atoms with Crippen LogP contribution in [0.4, 0.5) is 13.2 Å². The molecular formula is C13H16F3N7O4S. The van der Waals surface area contributed by atoms with Crippen molar-refractivity contribution >= 4 is 22.8 Å². The number of carbonyl (C=O) groups excluding carboxylic acids is 1. The zero-order valence-corrected chi connectivity index (χ0v) is 15.2. The Balaban J connectivity index is 1.81. The quantitative estimate of drug-likeness (QED) is 0.556. The summed E-state index contributed by atoms with van der Waals surface area (Å²) >= 11 is -2.49. The maximum Gasteiger partial charge on any atom is 0.391 e. The Kier molecular flexibility index (Phi) is 5.49. The summed E-state index contributed by atoms with van der Waals surface area (Å²) in [5, 5.41) is 9.70. The van der Waals surface area contributed by atoms with E-state index in [1.165, 1.54) is 7.05 Å². The highest BCUT2D eigenvalue weighted by Crippen LogP contribution is 2.37. The number of imidazole rings is 1. The molecule has 1 saturated carbocycles. The summed E-state index contributed by atoms with van der Waals surface area (Å²) in [6, 6.07) is -1.84. The molecule has 2 heterocycles. The average molecular weight is 423 g/mol. The smallest absolute Gasteiger partial charge is 0.348 e. The van der Waals surface area contributed by atoms with E-state index in [-0.39, 0.29) is 30.6 Å². The molecule has 4 atom stereocenters. The van der Waals surface area contributed by atoms with Crippen molar-refractivity contribution in [2.75, 3.05) is 0 Å². The van der Waals surface area contributed by atoms with Gasteiger partial charge in [-0.2, -0.15) is 17.9 Å². The molecule has 2 aromatic rings. The van der Waals surface area contributed by atoms with Crippen LogP contribution in [0.2, 0.25) is 0 Å². The van der Waals surface area contributed by atoms with Gasteiger partial charge in [-0.05, 0) is 19.3 Å². The van der Waals surface area contributed by atoms with Gasteiger partial charge in [0.25, 0.3) is 5.91 Å². The lowest BCUT2D eigenvalue weighted by molar-refractivity contribution is -0.185. The van der Waals surface area contributed by atoms with E-state index in [0.717, 1.165) is 15.4 Å². The summed E-state index contributed by atoms with van der Waals surface area (Å²) in [5.74, 6) is -2.57. The summed E-state index contributed by atoms with van der Waals surface area (Å²) in [7, 11) is 1.35. The number of nitrogens with one attached hydrogen (secondary N) is 2. The van der Waals surface area contributed by atoms with Crippen LogP contribution in [-0.4, -0.2) is 57.3 Å². The van der Waals surface area contributed by atoms with Crippen molar-refractivity contribution in [1.82, 2.24) is 34.4 Å². The van der Waals surface area contributed by atoms with Gasteiger partial charge in [-0.15, -0.1) is 5.10 Å². The molecule has 3 rings (SSSR count). The summed E-state index contributed by atoms with van der Waals surface area (Å²) in [6.45, 7) is 0. The molecule has 0 saturated heterocycles. The third kappa shape index (κ3) is 4.20. The Morgan fingerprint density at radius 2 is 2.00 bits per heavy atom. The zero-order chi connectivity index (χ0) is 20.6. The summed E-state index contributed by atoms with van der Waals surface area (Å²) in [5.41, 5.74) is -0.981. The predicted octanol–water partition coefficient (Wildman–Crippen LogP) is -0.621. The van der Waals surface area contributed by atoms with Crippen LogP contribution in [0.15, 0.2) is 11.1 Å². The van der Waals surface area contributed by atoms with E-state index in [4.69, 9.17) is 4.55 Å². The largest absolute Gasteiger partial charge is 0.391 e. The monoisotopic (exact) mass is 423 g/mol. The van der Waals surface area contributed by atoms with Gasteiger partial charge in [0, 0.05) is 19.1 Å². The maximum atomic E-state index is 13.2. The van der Waals surface area contributed by atoms with Crippen LogP contribution in [0.5, 0.6) is 0 Å². The first-order chi connectivity index (χ1) is 13.1. The van der Waals surface area contributed by atoms with Crippen LogP contribution in [0, 0.1) is 5.92 Å². The highest BCUT2D eigenvalue weighted by Gasteiger charge is 2.45. The van der Waals surface area contributed by atoms with Gasteiger partial charge in [-0.25, -0.2) is 23.1 Å². The van der Waals surface area contributed by atoms with Crippen molar-refractivity contribution in [2.45, 2.75) is 37.5 Å². The zero-order valence-electron chi connectivity index (χ0n) is 14.4. The lowest BCUT2D eigenvalue weighted by Crippen LogP contribution is -2.49. The fourth-order valence-electron chi connectivity index (χ4n) is 3.24. The first-order valence-corrected chi connectivity index (χ1v) is 9.18. The number of aryl methyl sites for hydroxylation is 1. The van der Waals surface area contributed by atoms with Crippen LogP contribution in [0.25, 0.3) is 5.65 Å². The van der Waals surface area contributed by atoms with Gasteiger partial charge in [-0.3, -0.25) is 9.35 Å². The molecule has 0 aliphatic heterocycles. The Labute approximate surface area is 157 Å². The summed E-state index contributed by atoms with van der Waals surface area (Å²) in [4.78, 5) is 28.2. The molecule has 0 spiro atoms. The number of rotatable bonds is 4. The minimum Gasteiger partial charge on any atom is -0.348 e. The SMILES string of the molecule is Cn1nnc2c(C(=O)NC3CC(NS(=O)O)CC(C(F)(F)F)C3)ncn2c1=O. The number of aromatic nitrogens is 5. The molecule has 2 aromatic heterocycles. The van der Waals surface area contributed by atoms with E-state index < -0.39 is 47.0 Å². The third-order valence-electron chi connectivity index (χ3n) is 4.49. The number of hydrogen-bond acceptors (Lipinski definition) is 6. The van der Waals surface area contributed by atoms with Gasteiger partial charge in [0.15, 0.2) is 11.3 Å². The van der Waals surface area contributed by atoms with E-state index >= 15 is 0 Å². The Morgan fingerprint density at radius 1 is 1.32 bits per heavy atom. The van der Waals surface area contributed by atoms with E-state index in [1.54, 1.807) is 0 Å². The second-order valence-electron chi connectivity index (χ2n) is 6.46. The highest BCUT2D eigenvalue weighted by atomic mass is 32.2. The first-order valence-electron chi connectivity index (χ1n) is 8.08. The van der Waals surface area contributed by atoms with E-state index in [9.17, 15) is 27.0 Å². The van der Waals surface area contributed by atoms with Crippen molar-refractivity contribution in [3.8, 4) is 0 Å². The third-order valence-corrected chi connectivity index (χ3v) is 5.02. The van der Waals surface area contributed by atoms with E-state index in [0.29, 0.717) is 0 Å². The van der Waals surface area contributed by atoms with Crippen LogP contribution in [0.1, 0.15) is 29.8 Å². The lowest BCUT2D eigenvalue weighted by Gasteiger charge is -2.35. The fourth-order valence-corrected chi connectivity index (χ4v) is 3.72. The van der Waals surface area contributed by atoms with E-state index in [1.807, 2.05) is 0 Å². The second-order valence-corrected chi connectivity index (χ2v) is 7.20. The van der Waals surface area contributed by atoms with Crippen molar-refractivity contribution in [3.05, 3.63) is 22.5 Å². The standard InChI is InChI=1S/C13H16F3N7O4S/c1-22-12(25)23-5-17-9(10(23)19-21-22)11(24)18-7-2-6(13(14,15)16)3-8(4-7)20-28(26)27/h5-8,20H,2-4H2,1H3,(H,18,24)(H,26,27). The van der Waals surface area contributed by atoms with Gasteiger partial charge in [0.2, 0.25) is 11.3 Å². The van der Waals surface area contributed by atoms with E-state index in [2.05, 4.69) is 25.3 Å². The molecular weight excluding hydrogens is 407 g/mol. The molecule has 154 valence electrons. The number of amides is 1. The van der Waals surface area contributed by atoms with Gasteiger partial charge < -0.3 is 5.32 Å². The molecule has 1 aliphatic rings. The number of fused-ring (bicyclic) bond motifs is 1. The van der Waals surface area contributed by atoms with Gasteiger partial charge in [-0.1, -0.05) is 5.21 Å². The Bertz CT molecular complexity index is 975. The summed E-state index contributed by atoms with van der Waals surface area (Å²) in [6.07, 6.45) is -4.19. The van der Waals surface area contributed by atoms with Crippen LogP contribution >= 0.6 is 0 Å². The van der Waals surface area contributed by atoms with Crippen molar-refractivity contribution in [3.63, 3.8) is 0 Å². The Morgan fingerprint density at radius 3 is 2.64 bits per heavy atom. The molecule has 0 radical (unpaired) electrons. The van der Waals surface area contributed by atoms with Crippen molar-refractivity contribution < 1.29 is 26.7 Å². The lowest BCUT2D eigenvalue weighted by atomic mass is 9.82. The highest BCUT2D eigenvalue weighted by molar-refractivity contribution is 7.77. The number of hydrogen-bond donors (Lipinski definition) is 3. The molecule has 11 nitrogen and oxygen atoms in total. The molecule has 1 fully saturated rings. The predicted molar refractivity (Wildman–Crippen MR) is 88.4 cm³/mol. The molecule has 28 heavy (non-hydrogen) atoms. The van der Waals surface area contributed by atoms with Crippen molar-refractivity contribution in [1.29, 1.82) is 0 Å². The molecule has 15 heteroatoms. The van der Waals surface area contributed by atoms with Gasteiger partial charge >= 0.3 is 11.9 Å². The van der Waals surface area contributed by atoms with Crippen LogP contribution in [-0.2, 0) is 18.3 Å². The van der Waals surface area contributed by atoms with Gasteiger partial charge in [0.1, 0.15) is 6.33 Å². The molecule has 1 aliphatic carbocycles. The normalized spacial score (nSPS) is 24.2. The molecule has 0 bridgehead atoms. The van der Waals surface area contributed by atoms with Gasteiger partial charge in [0.05, 0.1) is 5.92 Å². The van der Waals surface area contributed by atoms with Crippen molar-refractivity contribution in [2.24, 2.45) is 13.0 Å². The summed E-state index contributed by atoms with van der Waals surface area (Å²) < 4.78 is 63.4. The molecule has 3 N–H and O–H groups in total. The number of carbonyl (C=O) groups is 1. The minimum absolute atomic E-state index is 0.0177. The Hall–Kier alpha value is -2.39. The minimum atomic E-state index is -4.51.